The number of nitrogens with zero attached hydrogens (tertiary/aromatic N) is 4. The van der Waals surface area contributed by atoms with Crippen molar-refractivity contribution in [1.29, 1.82) is 0 Å². The average Bonchev–Trinajstić information content (AvgIpc) is 2.61. The van der Waals surface area contributed by atoms with Crippen LogP contribution in [0.1, 0.15) is 22.7 Å². The van der Waals surface area contributed by atoms with Crippen LogP contribution in [0, 0.1) is 15.9 Å². The van der Waals surface area contributed by atoms with Gasteiger partial charge >= 0.3 is 11.7 Å². The zero-order valence-electron chi connectivity index (χ0n) is 15.1. The molecule has 0 spiro atoms. The maximum Gasteiger partial charge on any atom is 0.342 e. The van der Waals surface area contributed by atoms with Crippen LogP contribution in [0.15, 0.2) is 15.9 Å². The number of carboxylic acids is 1. The Labute approximate surface area is 162 Å². The largest absolute Gasteiger partial charge is 0.477 e. The molecule has 2 aliphatic rings. The number of rotatable bonds is 3. The second-order valence-corrected chi connectivity index (χ2v) is 8.21. The van der Waals surface area contributed by atoms with Gasteiger partial charge in [0.1, 0.15) is 11.1 Å². The maximum atomic E-state index is 15.0. The van der Waals surface area contributed by atoms with Gasteiger partial charge in [-0.15, -0.1) is 0 Å². The van der Waals surface area contributed by atoms with Crippen LogP contribution in [-0.2, 0) is 0 Å². The number of carboxylic acid groups (broad SMARTS) is 1. The highest BCUT2D eigenvalue weighted by atomic mass is 32.2. The Morgan fingerprint density at radius 3 is 2.54 bits per heavy atom. The van der Waals surface area contributed by atoms with Gasteiger partial charge in [-0.05, 0) is 20.0 Å². The smallest absolute Gasteiger partial charge is 0.342 e. The van der Waals surface area contributed by atoms with Gasteiger partial charge in [0.05, 0.1) is 20.7 Å². The highest BCUT2D eigenvalue weighted by Crippen LogP contribution is 2.49. The third kappa shape index (κ3) is 2.57. The molecule has 0 bridgehead atoms. The zero-order chi connectivity index (χ0) is 20.3. The number of hydrogen-bond donors (Lipinski definition) is 1. The van der Waals surface area contributed by atoms with E-state index in [1.54, 1.807) is 11.8 Å². The molecule has 1 fully saturated rings. The van der Waals surface area contributed by atoms with Crippen molar-refractivity contribution in [3.05, 3.63) is 37.8 Å². The van der Waals surface area contributed by atoms with Crippen molar-refractivity contribution in [3.8, 4) is 0 Å². The van der Waals surface area contributed by atoms with E-state index in [9.17, 15) is 24.8 Å². The standard InChI is InChI=1S/C17H17FN4O5S/c1-8-21-12-9(15(23)11(17(24)25)16(21)28-8)7-10(18)13(14(12)22(26)27)20-5-3-19(2)4-6-20/h7-8H,3-6H2,1-2H3,(H,24,25). The highest BCUT2D eigenvalue weighted by Gasteiger charge is 2.39. The summed E-state index contributed by atoms with van der Waals surface area (Å²) in [7, 11) is 1.91. The number of piperazine rings is 1. The molecule has 28 heavy (non-hydrogen) atoms. The highest BCUT2D eigenvalue weighted by molar-refractivity contribution is 8.00. The molecule has 1 aromatic heterocycles. The molecule has 0 aliphatic carbocycles. The van der Waals surface area contributed by atoms with Crippen LogP contribution in [0.25, 0.3) is 10.9 Å². The van der Waals surface area contributed by atoms with E-state index in [0.29, 0.717) is 26.2 Å². The fourth-order valence-electron chi connectivity index (χ4n) is 3.81. The van der Waals surface area contributed by atoms with Gasteiger partial charge < -0.3 is 19.5 Å². The summed E-state index contributed by atoms with van der Waals surface area (Å²) in [5, 5.41) is 21.0. The summed E-state index contributed by atoms with van der Waals surface area (Å²) in [5.41, 5.74) is -2.03. The van der Waals surface area contributed by atoms with Crippen molar-refractivity contribution in [2.75, 3.05) is 38.1 Å². The van der Waals surface area contributed by atoms with E-state index in [2.05, 4.69) is 0 Å². The lowest BCUT2D eigenvalue weighted by Crippen LogP contribution is -2.45. The molecule has 1 N–H and O–H groups in total. The van der Waals surface area contributed by atoms with E-state index in [4.69, 9.17) is 0 Å². The van der Waals surface area contributed by atoms with Gasteiger partial charge in [-0.1, -0.05) is 11.8 Å². The molecule has 1 atom stereocenters. The number of nitro groups is 1. The Morgan fingerprint density at radius 2 is 2.00 bits per heavy atom. The number of thioether (sulfide) groups is 1. The summed E-state index contributed by atoms with van der Waals surface area (Å²) in [4.78, 5) is 39.2. The number of anilines is 1. The average molecular weight is 408 g/mol. The molecular formula is C17H17FN4O5S. The van der Waals surface area contributed by atoms with E-state index in [-0.39, 0.29) is 27.0 Å². The second-order valence-electron chi connectivity index (χ2n) is 6.90. The SMILES string of the molecule is CC1Sc2c(C(=O)O)c(=O)c3cc(F)c(N4CCN(C)CC4)c([N+](=O)[O-])c3n21. The van der Waals surface area contributed by atoms with Crippen LogP contribution in [0.5, 0.6) is 0 Å². The molecule has 148 valence electrons. The number of likely N-dealkylation sites (N-methyl/N-ethyl adjacent to an activating group) is 1. The number of nitro benzene ring substituents is 1. The number of aromatic carboxylic acids is 1. The molecule has 3 heterocycles. The summed E-state index contributed by atoms with van der Waals surface area (Å²) < 4.78 is 16.5. The van der Waals surface area contributed by atoms with Gasteiger partial charge in [-0.3, -0.25) is 14.9 Å². The molecule has 0 radical (unpaired) electrons. The van der Waals surface area contributed by atoms with Gasteiger partial charge in [-0.2, -0.15) is 0 Å². The van der Waals surface area contributed by atoms with E-state index in [0.717, 1.165) is 17.8 Å². The quantitative estimate of drug-likeness (QED) is 0.608. The van der Waals surface area contributed by atoms with E-state index in [1.165, 1.54) is 4.57 Å². The van der Waals surface area contributed by atoms with Crippen molar-refractivity contribution < 1.29 is 19.2 Å². The molecule has 4 rings (SSSR count). The van der Waals surface area contributed by atoms with E-state index >= 15 is 4.39 Å². The summed E-state index contributed by atoms with van der Waals surface area (Å²) in [5.74, 6) is -2.32. The lowest BCUT2D eigenvalue weighted by molar-refractivity contribution is -0.382. The number of benzene rings is 1. The summed E-state index contributed by atoms with van der Waals surface area (Å²) >= 11 is 1.15. The van der Waals surface area contributed by atoms with Crippen molar-refractivity contribution in [2.45, 2.75) is 17.3 Å². The van der Waals surface area contributed by atoms with Gasteiger partial charge in [-0.25, -0.2) is 9.18 Å². The van der Waals surface area contributed by atoms with Crippen LogP contribution >= 0.6 is 11.8 Å². The molecule has 2 aliphatic heterocycles. The Balaban J connectivity index is 2.09. The first-order chi connectivity index (χ1) is 13.2. The van der Waals surface area contributed by atoms with Crippen LogP contribution in [0.4, 0.5) is 15.8 Å². The molecule has 0 amide bonds. The van der Waals surface area contributed by atoms with Crippen molar-refractivity contribution in [2.24, 2.45) is 0 Å². The van der Waals surface area contributed by atoms with E-state index in [1.807, 2.05) is 11.9 Å². The summed E-state index contributed by atoms with van der Waals surface area (Å²) in [6, 6.07) is 0.938. The lowest BCUT2D eigenvalue weighted by Gasteiger charge is -2.35. The molecular weight excluding hydrogens is 391 g/mol. The first-order valence-corrected chi connectivity index (χ1v) is 9.52. The van der Waals surface area contributed by atoms with Crippen LogP contribution in [-0.4, -0.2) is 58.7 Å². The van der Waals surface area contributed by atoms with Gasteiger partial charge in [0.2, 0.25) is 5.43 Å². The van der Waals surface area contributed by atoms with Crippen molar-refractivity contribution in [1.82, 2.24) is 9.47 Å². The third-order valence-corrected chi connectivity index (χ3v) is 6.38. The fraction of sp³-hybridized carbons (Fsp3) is 0.412. The number of carbonyl (C=O) groups is 1. The monoisotopic (exact) mass is 408 g/mol. The molecule has 11 heteroatoms. The predicted molar refractivity (Wildman–Crippen MR) is 102 cm³/mol. The van der Waals surface area contributed by atoms with Crippen LogP contribution in [0.2, 0.25) is 0 Å². The van der Waals surface area contributed by atoms with Gasteiger partial charge in [0, 0.05) is 26.2 Å². The fourth-order valence-corrected chi connectivity index (χ4v) is 4.95. The second kappa shape index (κ2) is 6.45. The molecule has 0 saturated carbocycles. The first-order valence-electron chi connectivity index (χ1n) is 8.65. The third-order valence-electron chi connectivity index (χ3n) is 5.21. The lowest BCUT2D eigenvalue weighted by atomic mass is 10.1. The van der Waals surface area contributed by atoms with E-state index < -0.39 is 33.4 Å². The minimum absolute atomic E-state index is 0.0171. The molecule has 1 aromatic carbocycles. The summed E-state index contributed by atoms with van der Waals surface area (Å²) in [6.45, 7) is 3.81. The first kappa shape index (κ1) is 18.7. The van der Waals surface area contributed by atoms with Gasteiger partial charge in [0.15, 0.2) is 11.5 Å². The zero-order valence-corrected chi connectivity index (χ0v) is 16.0. The Morgan fingerprint density at radius 1 is 1.36 bits per heavy atom. The maximum absolute atomic E-state index is 15.0. The normalized spacial score (nSPS) is 19.4. The Kier molecular flexibility index (Phi) is 4.31. The van der Waals surface area contributed by atoms with Crippen molar-refractivity contribution >= 4 is 40.0 Å². The van der Waals surface area contributed by atoms with Crippen molar-refractivity contribution in [3.63, 3.8) is 0 Å². The summed E-state index contributed by atoms with van der Waals surface area (Å²) in [6.07, 6.45) is 0. The number of fused-ring (bicyclic) bond motifs is 3. The molecule has 2 aromatic rings. The molecule has 1 unspecified atom stereocenters. The topological polar surface area (TPSA) is 109 Å². The van der Waals surface area contributed by atoms with Crippen LogP contribution < -0.4 is 10.3 Å². The molecule has 1 saturated heterocycles. The number of aromatic nitrogens is 1. The Bertz CT molecular complexity index is 1090. The predicted octanol–water partition coefficient (Wildman–Crippen LogP) is 2.12. The number of halogens is 1. The van der Waals surface area contributed by atoms with Crippen LogP contribution in [0.3, 0.4) is 0 Å². The Hall–Kier alpha value is -2.66. The minimum atomic E-state index is -1.43. The number of pyridine rings is 1. The van der Waals surface area contributed by atoms with Gasteiger partial charge in [0.25, 0.3) is 0 Å². The number of hydrogen-bond acceptors (Lipinski definition) is 7. The molecule has 9 nitrogen and oxygen atoms in total. The minimum Gasteiger partial charge on any atom is -0.477 e.